The summed E-state index contributed by atoms with van der Waals surface area (Å²) in [7, 11) is 0. The summed E-state index contributed by atoms with van der Waals surface area (Å²) >= 11 is 0. The maximum Gasteiger partial charge on any atom is 0.256 e. The zero-order valence-electron chi connectivity index (χ0n) is 11.8. The van der Waals surface area contributed by atoms with Crippen LogP contribution in [0.1, 0.15) is 37.0 Å². The van der Waals surface area contributed by atoms with Gasteiger partial charge in [-0.2, -0.15) is 0 Å². The normalized spacial score (nSPS) is 22.4. The molecule has 1 aliphatic heterocycles. The number of aromatic hydroxyl groups is 1. The Hall–Kier alpha value is -1.62. The van der Waals surface area contributed by atoms with Gasteiger partial charge in [0.1, 0.15) is 11.6 Å². The van der Waals surface area contributed by atoms with E-state index in [-0.39, 0.29) is 16.7 Å². The Bertz CT molecular complexity index is 516. The van der Waals surface area contributed by atoms with E-state index in [1.54, 1.807) is 4.90 Å². The number of phenolic OH excluding ortho intramolecular Hbond substituents is 1. The van der Waals surface area contributed by atoms with Gasteiger partial charge in [-0.3, -0.25) is 4.79 Å². The first-order valence-electron chi connectivity index (χ1n) is 6.74. The van der Waals surface area contributed by atoms with Crippen LogP contribution < -0.4 is 0 Å². The summed E-state index contributed by atoms with van der Waals surface area (Å²) < 4.78 is 13.7. The number of benzene rings is 1. The van der Waals surface area contributed by atoms with Crippen LogP contribution >= 0.6 is 0 Å². The van der Waals surface area contributed by atoms with E-state index in [0.29, 0.717) is 25.9 Å². The van der Waals surface area contributed by atoms with Gasteiger partial charge in [-0.15, -0.1) is 0 Å². The standard InChI is InChI=1S/C15H20FNO3/c1-15(2)8-11(19)5-6-17(9-15)14(20)12-7-10(18)3-4-13(12)16/h3-4,7,11,18-19H,5-6,8-9H2,1-2H3/t11-/m0/s1. The van der Waals surface area contributed by atoms with Crippen LogP contribution in [0.2, 0.25) is 0 Å². The maximum atomic E-state index is 13.7. The fourth-order valence-electron chi connectivity index (χ4n) is 2.73. The van der Waals surface area contributed by atoms with Crippen molar-refractivity contribution in [3.05, 3.63) is 29.6 Å². The van der Waals surface area contributed by atoms with Crippen LogP contribution in [0.5, 0.6) is 5.75 Å². The number of likely N-dealkylation sites (tertiary alicyclic amines) is 1. The van der Waals surface area contributed by atoms with Crippen molar-refractivity contribution >= 4 is 5.91 Å². The van der Waals surface area contributed by atoms with E-state index in [4.69, 9.17) is 0 Å². The Kier molecular flexibility index (Phi) is 3.99. The van der Waals surface area contributed by atoms with Crippen molar-refractivity contribution < 1.29 is 19.4 Å². The molecule has 1 amide bonds. The highest BCUT2D eigenvalue weighted by atomic mass is 19.1. The van der Waals surface area contributed by atoms with Gasteiger partial charge in [-0.05, 0) is 36.5 Å². The molecule has 1 saturated heterocycles. The number of carbonyl (C=O) groups is 1. The molecule has 1 aromatic rings. The smallest absolute Gasteiger partial charge is 0.256 e. The van der Waals surface area contributed by atoms with Crippen molar-refractivity contribution in [2.24, 2.45) is 5.41 Å². The molecule has 0 radical (unpaired) electrons. The summed E-state index contributed by atoms with van der Waals surface area (Å²) in [6, 6.07) is 3.44. The first kappa shape index (κ1) is 14.8. The van der Waals surface area contributed by atoms with Crippen LogP contribution in [-0.2, 0) is 0 Å². The van der Waals surface area contributed by atoms with E-state index in [9.17, 15) is 19.4 Å². The van der Waals surface area contributed by atoms with Crippen molar-refractivity contribution in [3.63, 3.8) is 0 Å². The van der Waals surface area contributed by atoms with Gasteiger partial charge in [-0.1, -0.05) is 13.8 Å². The Morgan fingerprint density at radius 2 is 2.15 bits per heavy atom. The third-order valence-electron chi connectivity index (χ3n) is 3.61. The molecule has 0 spiro atoms. The monoisotopic (exact) mass is 281 g/mol. The second-order valence-corrected chi connectivity index (χ2v) is 6.20. The van der Waals surface area contributed by atoms with Gasteiger partial charge in [0, 0.05) is 13.1 Å². The third kappa shape index (κ3) is 3.28. The fraction of sp³-hybridized carbons (Fsp3) is 0.533. The van der Waals surface area contributed by atoms with Crippen LogP contribution in [0, 0.1) is 11.2 Å². The molecule has 4 nitrogen and oxygen atoms in total. The number of carbonyl (C=O) groups excluding carboxylic acids is 1. The lowest BCUT2D eigenvalue weighted by molar-refractivity contribution is 0.0699. The Morgan fingerprint density at radius 3 is 2.85 bits per heavy atom. The van der Waals surface area contributed by atoms with E-state index in [1.807, 2.05) is 13.8 Å². The molecule has 0 saturated carbocycles. The van der Waals surface area contributed by atoms with Gasteiger partial charge < -0.3 is 15.1 Å². The van der Waals surface area contributed by atoms with Gasteiger partial charge >= 0.3 is 0 Å². The fourth-order valence-corrected chi connectivity index (χ4v) is 2.73. The van der Waals surface area contributed by atoms with E-state index >= 15 is 0 Å². The average Bonchev–Trinajstić information content (AvgIpc) is 2.49. The third-order valence-corrected chi connectivity index (χ3v) is 3.61. The Morgan fingerprint density at radius 1 is 1.45 bits per heavy atom. The number of hydrogen-bond donors (Lipinski definition) is 2. The second kappa shape index (κ2) is 5.40. The zero-order chi connectivity index (χ0) is 14.9. The summed E-state index contributed by atoms with van der Waals surface area (Å²) in [6.07, 6.45) is 0.645. The molecular weight excluding hydrogens is 261 g/mol. The van der Waals surface area contributed by atoms with Gasteiger partial charge in [-0.25, -0.2) is 4.39 Å². The molecule has 2 N–H and O–H groups in total. The SMILES string of the molecule is CC1(C)C[C@@H](O)CCN(C(=O)c2cc(O)ccc2F)C1. The topological polar surface area (TPSA) is 60.8 Å². The lowest BCUT2D eigenvalue weighted by Gasteiger charge is -2.29. The number of aliphatic hydroxyl groups is 1. The zero-order valence-corrected chi connectivity index (χ0v) is 11.8. The van der Waals surface area contributed by atoms with E-state index in [0.717, 1.165) is 12.1 Å². The maximum absolute atomic E-state index is 13.7. The van der Waals surface area contributed by atoms with Crippen LogP contribution in [-0.4, -0.2) is 40.2 Å². The molecule has 5 heteroatoms. The Balaban J connectivity index is 2.25. The van der Waals surface area contributed by atoms with Crippen molar-refractivity contribution in [2.45, 2.75) is 32.8 Å². The first-order chi connectivity index (χ1) is 9.28. The number of nitrogens with zero attached hydrogens (tertiary/aromatic N) is 1. The van der Waals surface area contributed by atoms with Crippen molar-refractivity contribution in [3.8, 4) is 5.75 Å². The predicted octanol–water partition coefficient (Wildman–Crippen LogP) is 2.15. The molecular formula is C15H20FNO3. The predicted molar refractivity (Wildman–Crippen MR) is 73.0 cm³/mol. The number of hydrogen-bond acceptors (Lipinski definition) is 3. The van der Waals surface area contributed by atoms with Crippen molar-refractivity contribution in [1.29, 1.82) is 0 Å². The number of phenols is 1. The lowest BCUT2D eigenvalue weighted by atomic mass is 9.87. The average molecular weight is 281 g/mol. The van der Waals surface area contributed by atoms with Crippen LogP contribution in [0.25, 0.3) is 0 Å². The number of aliphatic hydroxyl groups excluding tert-OH is 1. The first-order valence-corrected chi connectivity index (χ1v) is 6.74. The van der Waals surface area contributed by atoms with E-state index < -0.39 is 17.8 Å². The molecule has 0 aromatic heterocycles. The van der Waals surface area contributed by atoms with Crippen molar-refractivity contribution in [1.82, 2.24) is 4.90 Å². The molecule has 1 aliphatic rings. The summed E-state index contributed by atoms with van der Waals surface area (Å²) in [5.74, 6) is -1.22. The molecule has 1 heterocycles. The van der Waals surface area contributed by atoms with Crippen molar-refractivity contribution in [2.75, 3.05) is 13.1 Å². The van der Waals surface area contributed by atoms with Gasteiger partial charge in [0.25, 0.3) is 5.91 Å². The van der Waals surface area contributed by atoms with Gasteiger partial charge in [0.2, 0.25) is 0 Å². The van der Waals surface area contributed by atoms with E-state index in [1.165, 1.54) is 6.07 Å². The number of rotatable bonds is 1. The highest BCUT2D eigenvalue weighted by molar-refractivity contribution is 5.95. The highest BCUT2D eigenvalue weighted by Crippen LogP contribution is 2.29. The molecule has 2 rings (SSSR count). The molecule has 0 bridgehead atoms. The minimum Gasteiger partial charge on any atom is -0.508 e. The van der Waals surface area contributed by atoms with Crippen LogP contribution in [0.3, 0.4) is 0 Å². The summed E-state index contributed by atoms with van der Waals surface area (Å²) in [5.41, 5.74) is -0.351. The lowest BCUT2D eigenvalue weighted by Crippen LogP contribution is -2.38. The minimum atomic E-state index is -0.643. The molecule has 1 fully saturated rings. The van der Waals surface area contributed by atoms with Gasteiger partial charge in [0.05, 0.1) is 11.7 Å². The number of amides is 1. The minimum absolute atomic E-state index is 0.128. The van der Waals surface area contributed by atoms with Crippen LogP contribution in [0.4, 0.5) is 4.39 Å². The summed E-state index contributed by atoms with van der Waals surface area (Å²) in [5, 5.41) is 19.2. The largest absolute Gasteiger partial charge is 0.508 e. The van der Waals surface area contributed by atoms with E-state index in [2.05, 4.69) is 0 Å². The Labute approximate surface area is 117 Å². The molecule has 1 atom stereocenters. The highest BCUT2D eigenvalue weighted by Gasteiger charge is 2.32. The number of halogens is 1. The molecule has 1 aromatic carbocycles. The summed E-state index contributed by atoms with van der Waals surface area (Å²) in [4.78, 5) is 14.0. The molecule has 0 unspecified atom stereocenters. The van der Waals surface area contributed by atoms with Crippen LogP contribution in [0.15, 0.2) is 18.2 Å². The second-order valence-electron chi connectivity index (χ2n) is 6.20. The molecule has 20 heavy (non-hydrogen) atoms. The molecule has 0 aliphatic carbocycles. The molecule has 110 valence electrons. The summed E-state index contributed by atoms with van der Waals surface area (Å²) in [6.45, 7) is 4.79. The van der Waals surface area contributed by atoms with Gasteiger partial charge in [0.15, 0.2) is 0 Å². The quantitative estimate of drug-likeness (QED) is 0.829.